The van der Waals surface area contributed by atoms with Crippen molar-refractivity contribution in [3.8, 4) is 0 Å². The van der Waals surface area contributed by atoms with E-state index in [1.807, 2.05) is 0 Å². The van der Waals surface area contributed by atoms with Crippen molar-refractivity contribution in [3.63, 3.8) is 0 Å². The molecular formula is C9H23N3Si. The Kier molecular flexibility index (Phi) is 4.94. The fraction of sp³-hybridized carbons (Fsp3) is 1.00. The Morgan fingerprint density at radius 3 is 2.23 bits per heavy atom. The summed E-state index contributed by atoms with van der Waals surface area (Å²) < 4.78 is 0. The number of rotatable bonds is 5. The minimum Gasteiger partial charge on any atom is -0.330 e. The zero-order valence-electron chi connectivity index (χ0n) is 9.14. The van der Waals surface area contributed by atoms with Gasteiger partial charge >= 0.3 is 0 Å². The van der Waals surface area contributed by atoms with Crippen molar-refractivity contribution in [2.75, 3.05) is 27.3 Å². The molecule has 1 aliphatic carbocycles. The fourth-order valence-electron chi connectivity index (χ4n) is 2.11. The van der Waals surface area contributed by atoms with Crippen LogP contribution in [-0.2, 0) is 0 Å². The van der Waals surface area contributed by atoms with Crippen molar-refractivity contribution < 1.29 is 0 Å². The molecule has 1 fully saturated rings. The Bertz CT molecular complexity index is 133. The van der Waals surface area contributed by atoms with Gasteiger partial charge in [0.25, 0.3) is 0 Å². The van der Waals surface area contributed by atoms with Gasteiger partial charge in [-0.1, -0.05) is 12.8 Å². The Labute approximate surface area is 83.7 Å². The molecule has 0 unspecified atom stereocenters. The zero-order valence-corrected chi connectivity index (χ0v) is 10.3. The molecule has 0 heterocycles. The molecule has 0 bridgehead atoms. The van der Waals surface area contributed by atoms with Gasteiger partial charge in [-0.05, 0) is 34.0 Å². The molecule has 0 amide bonds. The molecule has 1 saturated carbocycles. The van der Waals surface area contributed by atoms with E-state index in [1.165, 1.54) is 31.9 Å². The lowest BCUT2D eigenvalue weighted by Gasteiger charge is -2.27. The summed E-state index contributed by atoms with van der Waals surface area (Å²) in [7, 11) is 5.52. The summed E-state index contributed by atoms with van der Waals surface area (Å²) in [5, 5.41) is 0. The lowest BCUT2D eigenvalue weighted by molar-refractivity contribution is 0.279. The van der Waals surface area contributed by atoms with Gasteiger partial charge in [0.05, 0.1) is 0 Å². The van der Waals surface area contributed by atoms with Crippen molar-refractivity contribution in [3.05, 3.63) is 0 Å². The predicted octanol–water partition coefficient (Wildman–Crippen LogP) is 0.0593. The van der Waals surface area contributed by atoms with E-state index in [0.717, 1.165) is 6.04 Å². The average molecular weight is 201 g/mol. The van der Waals surface area contributed by atoms with Crippen LogP contribution in [0.25, 0.3) is 0 Å². The number of hydrogen-bond acceptors (Lipinski definition) is 3. The van der Waals surface area contributed by atoms with E-state index in [-0.39, 0.29) is 0 Å². The lowest BCUT2D eigenvalue weighted by Crippen LogP contribution is -2.53. The molecule has 78 valence electrons. The monoisotopic (exact) mass is 201 g/mol. The van der Waals surface area contributed by atoms with E-state index < -0.39 is 9.12 Å². The third-order valence-electron chi connectivity index (χ3n) is 3.12. The third-order valence-corrected chi connectivity index (χ3v) is 5.45. The first kappa shape index (κ1) is 11.2. The van der Waals surface area contributed by atoms with Crippen molar-refractivity contribution in [1.82, 2.24) is 14.9 Å². The summed E-state index contributed by atoms with van der Waals surface area (Å²) in [5.41, 5.74) is 0. The smallest absolute Gasteiger partial charge is 0.198 e. The molecule has 3 nitrogen and oxygen atoms in total. The van der Waals surface area contributed by atoms with Crippen LogP contribution in [0, 0.1) is 0 Å². The molecule has 1 aliphatic rings. The first-order valence-corrected chi connectivity index (χ1v) is 7.29. The van der Waals surface area contributed by atoms with Crippen LogP contribution in [0.15, 0.2) is 0 Å². The van der Waals surface area contributed by atoms with Gasteiger partial charge in [0.15, 0.2) is 9.12 Å². The van der Waals surface area contributed by atoms with E-state index in [9.17, 15) is 0 Å². The summed E-state index contributed by atoms with van der Waals surface area (Å²) in [6.07, 6.45) is 6.91. The van der Waals surface area contributed by atoms with Crippen LogP contribution in [0.1, 0.15) is 25.7 Å². The van der Waals surface area contributed by atoms with Crippen LogP contribution in [0.5, 0.6) is 0 Å². The number of nitrogens with zero attached hydrogens (tertiary/aromatic N) is 1. The van der Waals surface area contributed by atoms with E-state index in [4.69, 9.17) is 0 Å². The molecule has 0 radical (unpaired) electrons. The first-order valence-electron chi connectivity index (χ1n) is 5.32. The predicted molar refractivity (Wildman–Crippen MR) is 60.2 cm³/mol. The zero-order chi connectivity index (χ0) is 9.68. The molecule has 0 atom stereocenters. The van der Waals surface area contributed by atoms with Gasteiger partial charge in [-0.2, -0.15) is 0 Å². The van der Waals surface area contributed by atoms with E-state index in [1.54, 1.807) is 0 Å². The maximum Gasteiger partial charge on any atom is 0.198 e. The van der Waals surface area contributed by atoms with Gasteiger partial charge < -0.3 is 14.9 Å². The second-order valence-corrected chi connectivity index (χ2v) is 6.63. The second-order valence-electron chi connectivity index (χ2n) is 4.01. The molecule has 4 heteroatoms. The molecule has 0 aromatic carbocycles. The molecule has 0 saturated heterocycles. The molecule has 0 spiro atoms. The highest BCUT2D eigenvalue weighted by Gasteiger charge is 2.21. The molecule has 0 aromatic rings. The van der Waals surface area contributed by atoms with Crippen LogP contribution >= 0.6 is 0 Å². The van der Waals surface area contributed by atoms with Crippen LogP contribution in [-0.4, -0.2) is 47.4 Å². The summed E-state index contributed by atoms with van der Waals surface area (Å²) in [6.45, 7) is 0. The minimum absolute atomic E-state index is 0.858. The van der Waals surface area contributed by atoms with Crippen molar-refractivity contribution >= 4 is 9.12 Å². The molecule has 2 N–H and O–H groups in total. The van der Waals surface area contributed by atoms with Gasteiger partial charge in [0.2, 0.25) is 0 Å². The quantitative estimate of drug-likeness (QED) is 0.616. The van der Waals surface area contributed by atoms with Gasteiger partial charge in [0.1, 0.15) is 0 Å². The highest BCUT2D eigenvalue weighted by molar-refractivity contribution is 6.53. The second kappa shape index (κ2) is 5.75. The standard InChI is InChI=1S/C9H23N3Si/c1-10-13(11-2)8-12(3)9-6-4-5-7-9/h9-11,13H,4-8H2,1-3H3. The number of hydrogen-bond donors (Lipinski definition) is 2. The van der Waals surface area contributed by atoms with Crippen molar-refractivity contribution in [2.45, 2.75) is 31.7 Å². The summed E-state index contributed by atoms with van der Waals surface area (Å²) in [6, 6.07) is 0.858. The molecule has 0 aromatic heterocycles. The van der Waals surface area contributed by atoms with E-state index in [2.05, 4.69) is 36.0 Å². The lowest BCUT2D eigenvalue weighted by atomic mass is 10.2. The van der Waals surface area contributed by atoms with Gasteiger partial charge in [-0.25, -0.2) is 0 Å². The maximum atomic E-state index is 3.39. The Hall–Kier alpha value is 0.0969. The minimum atomic E-state index is -0.880. The fourth-order valence-corrected chi connectivity index (χ4v) is 3.64. The Morgan fingerprint density at radius 1 is 1.23 bits per heavy atom. The largest absolute Gasteiger partial charge is 0.330 e. The molecule has 0 aliphatic heterocycles. The van der Waals surface area contributed by atoms with Crippen LogP contribution in [0.3, 0.4) is 0 Å². The average Bonchev–Trinajstić information content (AvgIpc) is 2.66. The normalized spacial score (nSPS) is 19.2. The third kappa shape index (κ3) is 3.38. The molecule has 1 rings (SSSR count). The first-order chi connectivity index (χ1) is 6.27. The molecular weight excluding hydrogens is 178 g/mol. The van der Waals surface area contributed by atoms with Gasteiger partial charge in [0, 0.05) is 12.2 Å². The van der Waals surface area contributed by atoms with Crippen LogP contribution in [0.2, 0.25) is 0 Å². The number of nitrogens with one attached hydrogen (secondary N) is 2. The highest BCUT2D eigenvalue weighted by atomic mass is 28.3. The summed E-state index contributed by atoms with van der Waals surface area (Å²) in [5.74, 6) is 0. The highest BCUT2D eigenvalue weighted by Crippen LogP contribution is 2.21. The summed E-state index contributed by atoms with van der Waals surface area (Å²) in [4.78, 5) is 9.32. The van der Waals surface area contributed by atoms with Crippen LogP contribution in [0.4, 0.5) is 0 Å². The SMILES string of the molecule is CN[SiH](CN(C)C1CCCC1)NC. The van der Waals surface area contributed by atoms with Crippen LogP contribution < -0.4 is 9.96 Å². The Balaban J connectivity index is 2.25. The van der Waals surface area contributed by atoms with E-state index in [0.29, 0.717) is 0 Å². The summed E-state index contributed by atoms with van der Waals surface area (Å²) >= 11 is 0. The van der Waals surface area contributed by atoms with Gasteiger partial charge in [-0.3, -0.25) is 0 Å². The topological polar surface area (TPSA) is 27.3 Å². The van der Waals surface area contributed by atoms with Crippen molar-refractivity contribution in [2.24, 2.45) is 0 Å². The maximum absolute atomic E-state index is 3.39. The molecule has 13 heavy (non-hydrogen) atoms. The Morgan fingerprint density at radius 2 is 1.77 bits per heavy atom. The van der Waals surface area contributed by atoms with Gasteiger partial charge in [-0.15, -0.1) is 0 Å². The van der Waals surface area contributed by atoms with Crippen molar-refractivity contribution in [1.29, 1.82) is 0 Å². The van der Waals surface area contributed by atoms with E-state index >= 15 is 0 Å².